The van der Waals surface area contributed by atoms with Crippen LogP contribution in [0.4, 0.5) is 5.69 Å². The fourth-order valence-electron chi connectivity index (χ4n) is 2.55. The summed E-state index contributed by atoms with van der Waals surface area (Å²) in [4.78, 5) is 12.0. The molecule has 1 fully saturated rings. The zero-order valence-corrected chi connectivity index (χ0v) is 13.3. The molecule has 1 amide bonds. The van der Waals surface area contributed by atoms with Crippen LogP contribution in [0.25, 0.3) is 0 Å². The third-order valence-electron chi connectivity index (χ3n) is 3.64. The number of anilines is 1. The van der Waals surface area contributed by atoms with Crippen LogP contribution in [-0.2, 0) is 4.79 Å². The highest BCUT2D eigenvalue weighted by Crippen LogP contribution is 2.26. The molecule has 2 N–H and O–H groups in total. The number of carbonyl (C=O) groups is 1. The maximum Gasteiger partial charge on any atom is 0.239 e. The maximum atomic E-state index is 12.0. The molecule has 0 radical (unpaired) electrons. The van der Waals surface area contributed by atoms with Gasteiger partial charge in [-0.3, -0.25) is 4.79 Å². The van der Waals surface area contributed by atoms with Crippen LogP contribution < -0.4 is 10.6 Å². The van der Waals surface area contributed by atoms with Crippen LogP contribution in [0.5, 0.6) is 0 Å². The lowest BCUT2D eigenvalue weighted by Gasteiger charge is -2.28. The second-order valence-corrected chi connectivity index (χ2v) is 6.67. The summed E-state index contributed by atoms with van der Waals surface area (Å²) in [6.07, 6.45) is 6.79. The molecule has 2 atom stereocenters. The van der Waals surface area contributed by atoms with Crippen molar-refractivity contribution in [2.75, 3.05) is 18.1 Å². The SMILES string of the molecule is CS[C@@H]1CCC[C@H](NC(=O)CNc2ccccc2Cl)C1. The molecule has 1 aliphatic rings. The average Bonchev–Trinajstić information content (AvgIpc) is 2.46. The van der Waals surface area contributed by atoms with Crippen LogP contribution in [0.3, 0.4) is 0 Å². The zero-order valence-electron chi connectivity index (χ0n) is 11.7. The van der Waals surface area contributed by atoms with Crippen molar-refractivity contribution in [1.29, 1.82) is 0 Å². The van der Waals surface area contributed by atoms with E-state index in [1.807, 2.05) is 36.0 Å². The molecular formula is C15H21ClN2OS. The van der Waals surface area contributed by atoms with Crippen LogP contribution in [0.1, 0.15) is 25.7 Å². The van der Waals surface area contributed by atoms with Gasteiger partial charge in [-0.25, -0.2) is 0 Å². The molecule has 0 saturated heterocycles. The van der Waals surface area contributed by atoms with E-state index in [1.165, 1.54) is 12.8 Å². The van der Waals surface area contributed by atoms with Gasteiger partial charge >= 0.3 is 0 Å². The van der Waals surface area contributed by atoms with Crippen LogP contribution in [0, 0.1) is 0 Å². The number of nitrogens with one attached hydrogen (secondary N) is 2. The van der Waals surface area contributed by atoms with Gasteiger partial charge in [0.2, 0.25) is 5.91 Å². The Labute approximate surface area is 129 Å². The number of thioether (sulfide) groups is 1. The molecular weight excluding hydrogens is 292 g/mol. The second kappa shape index (κ2) is 7.79. The molecule has 2 rings (SSSR count). The number of amides is 1. The molecule has 0 bridgehead atoms. The predicted octanol–water partition coefficient (Wildman–Crippen LogP) is 3.54. The number of rotatable bonds is 5. The Hall–Kier alpha value is -0.870. The van der Waals surface area contributed by atoms with Gasteiger partial charge < -0.3 is 10.6 Å². The van der Waals surface area contributed by atoms with Gasteiger partial charge in [0.05, 0.1) is 17.3 Å². The minimum Gasteiger partial charge on any atom is -0.375 e. The average molecular weight is 313 g/mol. The van der Waals surface area contributed by atoms with E-state index in [0.717, 1.165) is 18.5 Å². The topological polar surface area (TPSA) is 41.1 Å². The third-order valence-corrected chi connectivity index (χ3v) is 5.06. The highest BCUT2D eigenvalue weighted by molar-refractivity contribution is 7.99. The third kappa shape index (κ3) is 4.60. The van der Waals surface area contributed by atoms with Crippen LogP contribution in [-0.4, -0.2) is 30.0 Å². The Bertz CT molecular complexity index is 455. The van der Waals surface area contributed by atoms with Crippen molar-refractivity contribution in [3.63, 3.8) is 0 Å². The van der Waals surface area contributed by atoms with Crippen molar-refractivity contribution >= 4 is 35.0 Å². The largest absolute Gasteiger partial charge is 0.375 e. The fraction of sp³-hybridized carbons (Fsp3) is 0.533. The van der Waals surface area contributed by atoms with E-state index in [9.17, 15) is 4.79 Å². The van der Waals surface area contributed by atoms with Gasteiger partial charge in [-0.2, -0.15) is 11.8 Å². The van der Waals surface area contributed by atoms with Crippen LogP contribution in [0.2, 0.25) is 5.02 Å². The number of carbonyl (C=O) groups excluding carboxylic acids is 1. The first-order chi connectivity index (χ1) is 9.69. The molecule has 20 heavy (non-hydrogen) atoms. The Balaban J connectivity index is 1.77. The van der Waals surface area contributed by atoms with E-state index in [4.69, 9.17) is 11.6 Å². The number of halogens is 1. The van der Waals surface area contributed by atoms with Crippen molar-refractivity contribution in [2.24, 2.45) is 0 Å². The van der Waals surface area contributed by atoms with Crippen LogP contribution >= 0.6 is 23.4 Å². The Morgan fingerprint density at radius 2 is 2.20 bits per heavy atom. The molecule has 1 saturated carbocycles. The molecule has 1 aromatic rings. The first-order valence-electron chi connectivity index (χ1n) is 6.99. The minimum atomic E-state index is 0.0386. The second-order valence-electron chi connectivity index (χ2n) is 5.12. The van der Waals surface area contributed by atoms with E-state index < -0.39 is 0 Å². The predicted molar refractivity (Wildman–Crippen MR) is 87.6 cm³/mol. The lowest BCUT2D eigenvalue weighted by molar-refractivity contribution is -0.120. The molecule has 0 spiro atoms. The molecule has 1 aliphatic carbocycles. The standard InChI is InChI=1S/C15H21ClN2OS/c1-20-12-6-4-5-11(9-12)18-15(19)10-17-14-8-3-2-7-13(14)16/h2-3,7-8,11-12,17H,4-6,9-10H2,1H3,(H,18,19)/t11-,12+/m0/s1. The van der Waals surface area contributed by atoms with Gasteiger partial charge in [0, 0.05) is 11.3 Å². The Morgan fingerprint density at radius 3 is 2.95 bits per heavy atom. The highest BCUT2D eigenvalue weighted by atomic mass is 35.5. The smallest absolute Gasteiger partial charge is 0.239 e. The van der Waals surface area contributed by atoms with Gasteiger partial charge in [-0.15, -0.1) is 0 Å². The van der Waals surface area contributed by atoms with Gasteiger partial charge in [0.25, 0.3) is 0 Å². The quantitative estimate of drug-likeness (QED) is 0.873. The zero-order chi connectivity index (χ0) is 14.4. The summed E-state index contributed by atoms with van der Waals surface area (Å²) < 4.78 is 0. The van der Waals surface area contributed by atoms with Crippen molar-refractivity contribution in [3.8, 4) is 0 Å². The van der Waals surface area contributed by atoms with E-state index in [2.05, 4.69) is 16.9 Å². The Kier molecular flexibility index (Phi) is 6.05. The van der Waals surface area contributed by atoms with Gasteiger partial charge in [-0.05, 0) is 37.7 Å². The summed E-state index contributed by atoms with van der Waals surface area (Å²) >= 11 is 7.94. The number of benzene rings is 1. The van der Waals surface area contributed by atoms with E-state index in [0.29, 0.717) is 16.3 Å². The monoisotopic (exact) mass is 312 g/mol. The number of hydrogen-bond donors (Lipinski definition) is 2. The lowest BCUT2D eigenvalue weighted by atomic mass is 9.95. The van der Waals surface area contributed by atoms with Crippen molar-refractivity contribution < 1.29 is 4.79 Å². The first-order valence-corrected chi connectivity index (χ1v) is 8.66. The van der Waals surface area contributed by atoms with Gasteiger partial charge in [0.15, 0.2) is 0 Å². The summed E-state index contributed by atoms with van der Waals surface area (Å²) in [5.41, 5.74) is 0.801. The van der Waals surface area contributed by atoms with E-state index in [-0.39, 0.29) is 12.5 Å². The molecule has 1 aromatic carbocycles. The van der Waals surface area contributed by atoms with Crippen molar-refractivity contribution in [3.05, 3.63) is 29.3 Å². The molecule has 0 heterocycles. The van der Waals surface area contributed by atoms with Gasteiger partial charge in [-0.1, -0.05) is 30.2 Å². The highest BCUT2D eigenvalue weighted by Gasteiger charge is 2.22. The summed E-state index contributed by atoms with van der Waals surface area (Å²) in [6, 6.07) is 7.78. The van der Waals surface area contributed by atoms with Crippen LogP contribution in [0.15, 0.2) is 24.3 Å². The molecule has 0 aromatic heterocycles. The van der Waals surface area contributed by atoms with E-state index >= 15 is 0 Å². The molecule has 5 heteroatoms. The number of para-hydroxylation sites is 1. The lowest BCUT2D eigenvalue weighted by Crippen LogP contribution is -2.41. The first kappa shape index (κ1) is 15.5. The van der Waals surface area contributed by atoms with Crippen molar-refractivity contribution in [1.82, 2.24) is 5.32 Å². The summed E-state index contributed by atoms with van der Waals surface area (Å²) in [7, 11) is 0. The summed E-state index contributed by atoms with van der Waals surface area (Å²) in [5.74, 6) is 0.0386. The minimum absolute atomic E-state index is 0.0386. The normalized spacial score (nSPS) is 22.3. The fourth-order valence-corrected chi connectivity index (χ4v) is 3.58. The maximum absolute atomic E-state index is 12.0. The van der Waals surface area contributed by atoms with Gasteiger partial charge in [0.1, 0.15) is 0 Å². The molecule has 3 nitrogen and oxygen atoms in total. The molecule has 110 valence electrons. The summed E-state index contributed by atoms with van der Waals surface area (Å²) in [6.45, 7) is 0.268. The number of hydrogen-bond acceptors (Lipinski definition) is 3. The van der Waals surface area contributed by atoms with E-state index in [1.54, 1.807) is 0 Å². The molecule has 0 aliphatic heterocycles. The van der Waals surface area contributed by atoms with Crippen molar-refractivity contribution in [2.45, 2.75) is 37.0 Å². The summed E-state index contributed by atoms with van der Waals surface area (Å²) in [5, 5.41) is 7.52. The molecule has 0 unspecified atom stereocenters. The Morgan fingerprint density at radius 1 is 1.40 bits per heavy atom.